The largest absolute Gasteiger partial charge is 0.436 e. The monoisotopic (exact) mass is 483 g/mol. The molecule has 3 aromatic carbocycles. The Balaban J connectivity index is 1.84. The second kappa shape index (κ2) is 8.04. The normalized spacial score (nSPS) is 11.4. The molecule has 0 unspecified atom stereocenters. The Bertz CT molecular complexity index is 1330. The molecule has 30 heavy (non-hydrogen) atoms. The van der Waals surface area contributed by atoms with Crippen molar-refractivity contribution in [1.82, 2.24) is 9.97 Å². The van der Waals surface area contributed by atoms with Gasteiger partial charge >= 0.3 is 0 Å². The zero-order valence-electron chi connectivity index (χ0n) is 16.3. The van der Waals surface area contributed by atoms with Gasteiger partial charge in [0.1, 0.15) is 5.75 Å². The molecule has 6 nitrogen and oxygen atoms in total. The van der Waals surface area contributed by atoms with E-state index in [0.29, 0.717) is 16.8 Å². The SMILES string of the molecule is Cc1ccc(S(=O)(=O)N(C)c2nc3ccccc3nc2Oc2cccc(Br)c2)cc1. The van der Waals surface area contributed by atoms with Gasteiger partial charge in [0.2, 0.25) is 5.82 Å². The van der Waals surface area contributed by atoms with Crippen LogP contribution in [0, 0.1) is 6.92 Å². The van der Waals surface area contributed by atoms with Crippen LogP contribution < -0.4 is 9.04 Å². The van der Waals surface area contributed by atoms with E-state index < -0.39 is 10.0 Å². The van der Waals surface area contributed by atoms with Gasteiger partial charge in [0.25, 0.3) is 15.9 Å². The molecule has 0 radical (unpaired) electrons. The first kappa shape index (κ1) is 20.3. The fourth-order valence-corrected chi connectivity index (χ4v) is 4.39. The summed E-state index contributed by atoms with van der Waals surface area (Å²) >= 11 is 3.41. The van der Waals surface area contributed by atoms with Crippen LogP contribution in [-0.2, 0) is 10.0 Å². The van der Waals surface area contributed by atoms with Gasteiger partial charge in [-0.1, -0.05) is 51.8 Å². The molecule has 0 aliphatic heterocycles. The Labute approximate surface area is 183 Å². The maximum atomic E-state index is 13.2. The van der Waals surface area contributed by atoms with E-state index in [9.17, 15) is 8.42 Å². The summed E-state index contributed by atoms with van der Waals surface area (Å²) in [6.45, 7) is 1.90. The molecule has 152 valence electrons. The first-order chi connectivity index (χ1) is 14.3. The van der Waals surface area contributed by atoms with Gasteiger partial charge in [-0.2, -0.15) is 0 Å². The lowest BCUT2D eigenvalue weighted by molar-refractivity contribution is 0.463. The van der Waals surface area contributed by atoms with Gasteiger partial charge in [-0.25, -0.2) is 22.7 Å². The number of sulfonamides is 1. The number of ether oxygens (including phenoxy) is 1. The number of rotatable bonds is 5. The van der Waals surface area contributed by atoms with Crippen LogP contribution in [0.4, 0.5) is 5.82 Å². The van der Waals surface area contributed by atoms with Crippen LogP contribution in [0.1, 0.15) is 5.56 Å². The third-order valence-electron chi connectivity index (χ3n) is 4.51. The van der Waals surface area contributed by atoms with Crippen LogP contribution in [0.5, 0.6) is 11.6 Å². The molecule has 0 saturated carbocycles. The molecule has 0 amide bonds. The lowest BCUT2D eigenvalue weighted by atomic mass is 10.2. The highest BCUT2D eigenvalue weighted by Crippen LogP contribution is 2.33. The molecule has 4 aromatic rings. The van der Waals surface area contributed by atoms with Gasteiger partial charge in [0.05, 0.1) is 15.9 Å². The van der Waals surface area contributed by atoms with Gasteiger partial charge in [0.15, 0.2) is 0 Å². The summed E-state index contributed by atoms with van der Waals surface area (Å²) in [6, 6.07) is 21.1. The number of para-hydroxylation sites is 2. The van der Waals surface area contributed by atoms with Gasteiger partial charge in [-0.3, -0.25) is 0 Å². The Kier molecular flexibility index (Phi) is 5.44. The average molecular weight is 484 g/mol. The quantitative estimate of drug-likeness (QED) is 0.384. The minimum atomic E-state index is -3.86. The number of benzene rings is 3. The lowest BCUT2D eigenvalue weighted by Gasteiger charge is -2.21. The minimum Gasteiger partial charge on any atom is -0.436 e. The van der Waals surface area contributed by atoms with Crippen molar-refractivity contribution in [2.45, 2.75) is 11.8 Å². The number of aromatic nitrogens is 2. The number of nitrogens with zero attached hydrogens (tertiary/aromatic N) is 3. The van der Waals surface area contributed by atoms with E-state index in [1.807, 2.05) is 31.2 Å². The molecule has 1 aromatic heterocycles. The topological polar surface area (TPSA) is 72.4 Å². The summed E-state index contributed by atoms with van der Waals surface area (Å²) in [4.78, 5) is 9.25. The molecule has 0 N–H and O–H groups in total. The summed E-state index contributed by atoms with van der Waals surface area (Å²) in [5, 5.41) is 0. The second-order valence-corrected chi connectivity index (χ2v) is 9.57. The maximum absolute atomic E-state index is 13.2. The summed E-state index contributed by atoms with van der Waals surface area (Å²) < 4.78 is 34.4. The molecular weight excluding hydrogens is 466 g/mol. The molecule has 8 heteroatoms. The smallest absolute Gasteiger partial charge is 0.265 e. The molecule has 0 saturated heterocycles. The highest BCUT2D eigenvalue weighted by Gasteiger charge is 2.27. The number of fused-ring (bicyclic) bond motifs is 1. The maximum Gasteiger partial charge on any atom is 0.265 e. The van der Waals surface area contributed by atoms with E-state index in [1.165, 1.54) is 7.05 Å². The van der Waals surface area contributed by atoms with Crippen LogP contribution in [0.2, 0.25) is 0 Å². The number of hydrogen-bond acceptors (Lipinski definition) is 5. The molecule has 0 spiro atoms. The van der Waals surface area contributed by atoms with Crippen molar-refractivity contribution in [2.75, 3.05) is 11.4 Å². The van der Waals surface area contributed by atoms with Crippen molar-refractivity contribution in [3.63, 3.8) is 0 Å². The van der Waals surface area contributed by atoms with Gasteiger partial charge < -0.3 is 4.74 Å². The van der Waals surface area contributed by atoms with Gasteiger partial charge in [-0.05, 0) is 49.4 Å². The molecular formula is C22H18BrN3O3S. The molecule has 0 bridgehead atoms. The first-order valence-electron chi connectivity index (χ1n) is 9.10. The Hall–Kier alpha value is -2.97. The number of aryl methyl sites for hydroxylation is 1. The third kappa shape index (κ3) is 4.01. The first-order valence-corrected chi connectivity index (χ1v) is 11.3. The Morgan fingerprint density at radius 1 is 0.900 bits per heavy atom. The van der Waals surface area contributed by atoms with Crippen molar-refractivity contribution in [1.29, 1.82) is 0 Å². The average Bonchev–Trinajstić information content (AvgIpc) is 2.73. The lowest BCUT2D eigenvalue weighted by Crippen LogP contribution is -2.28. The molecule has 0 fully saturated rings. The van der Waals surface area contributed by atoms with E-state index in [1.54, 1.807) is 48.5 Å². The second-order valence-electron chi connectivity index (χ2n) is 6.69. The van der Waals surface area contributed by atoms with Crippen molar-refractivity contribution in [3.05, 3.63) is 82.8 Å². The predicted molar refractivity (Wildman–Crippen MR) is 121 cm³/mol. The van der Waals surface area contributed by atoms with Crippen LogP contribution in [-0.4, -0.2) is 25.4 Å². The van der Waals surface area contributed by atoms with Crippen molar-refractivity contribution in [2.24, 2.45) is 0 Å². The van der Waals surface area contributed by atoms with Gasteiger partial charge in [0, 0.05) is 11.5 Å². The van der Waals surface area contributed by atoms with E-state index in [-0.39, 0.29) is 16.6 Å². The Morgan fingerprint density at radius 2 is 1.57 bits per heavy atom. The zero-order valence-corrected chi connectivity index (χ0v) is 18.7. The van der Waals surface area contributed by atoms with Crippen molar-refractivity contribution < 1.29 is 13.2 Å². The molecule has 1 heterocycles. The van der Waals surface area contributed by atoms with E-state index in [4.69, 9.17) is 4.74 Å². The highest BCUT2D eigenvalue weighted by atomic mass is 79.9. The van der Waals surface area contributed by atoms with Crippen molar-refractivity contribution in [3.8, 4) is 11.6 Å². The summed E-state index contributed by atoms with van der Waals surface area (Å²) in [7, 11) is -2.41. The standard InChI is InChI=1S/C22H18BrN3O3S/c1-15-10-12-18(13-11-15)30(27,28)26(2)21-22(29-17-7-5-6-16(23)14-17)25-20-9-4-3-8-19(20)24-21/h3-14H,1-2H3. The zero-order chi connectivity index (χ0) is 21.3. The van der Waals surface area contributed by atoms with Crippen LogP contribution in [0.25, 0.3) is 11.0 Å². The fraction of sp³-hybridized carbons (Fsp3) is 0.0909. The third-order valence-corrected chi connectivity index (χ3v) is 6.76. The molecule has 0 aliphatic carbocycles. The van der Waals surface area contributed by atoms with Crippen molar-refractivity contribution >= 4 is 42.8 Å². The predicted octanol–water partition coefficient (Wildman–Crippen LogP) is 5.32. The summed E-state index contributed by atoms with van der Waals surface area (Å²) in [5.41, 5.74) is 2.15. The number of anilines is 1. The molecule has 4 rings (SSSR count). The molecule has 0 aliphatic rings. The van der Waals surface area contributed by atoms with E-state index >= 15 is 0 Å². The van der Waals surface area contributed by atoms with Crippen LogP contribution >= 0.6 is 15.9 Å². The minimum absolute atomic E-state index is 0.102. The summed E-state index contributed by atoms with van der Waals surface area (Å²) in [6.07, 6.45) is 0. The van der Waals surface area contributed by atoms with Crippen LogP contribution in [0.15, 0.2) is 82.2 Å². The number of halogens is 1. The van der Waals surface area contributed by atoms with Gasteiger partial charge in [-0.15, -0.1) is 0 Å². The molecule has 0 atom stereocenters. The Morgan fingerprint density at radius 3 is 2.23 bits per heavy atom. The highest BCUT2D eigenvalue weighted by molar-refractivity contribution is 9.10. The number of hydrogen-bond donors (Lipinski definition) is 0. The fourth-order valence-electron chi connectivity index (χ4n) is 2.87. The van der Waals surface area contributed by atoms with Crippen LogP contribution in [0.3, 0.4) is 0 Å². The summed E-state index contributed by atoms with van der Waals surface area (Å²) in [5.74, 6) is 0.718. The van der Waals surface area contributed by atoms with E-state index in [0.717, 1.165) is 14.3 Å². The van der Waals surface area contributed by atoms with E-state index in [2.05, 4.69) is 25.9 Å².